The third-order valence-corrected chi connectivity index (χ3v) is 5.42. The van der Waals surface area contributed by atoms with Gasteiger partial charge in [-0.3, -0.25) is 0 Å². The van der Waals surface area contributed by atoms with E-state index in [0.717, 1.165) is 32.3 Å². The summed E-state index contributed by atoms with van der Waals surface area (Å²) in [6, 6.07) is 0. The molecular weight excluding hydrogens is 240 g/mol. The monoisotopic (exact) mass is 268 g/mol. The number of aliphatic hydroxyl groups excluding tert-OH is 1. The lowest BCUT2D eigenvalue weighted by Crippen LogP contribution is -2.29. The predicted octanol–water partition coefficient (Wildman–Crippen LogP) is 3.05. The van der Waals surface area contributed by atoms with Crippen molar-refractivity contribution in [2.24, 2.45) is 5.92 Å². The van der Waals surface area contributed by atoms with E-state index < -0.39 is 0 Å². The van der Waals surface area contributed by atoms with Crippen LogP contribution in [0.1, 0.15) is 64.2 Å². The molecule has 1 saturated heterocycles. The second-order valence-corrected chi connectivity index (χ2v) is 6.83. The van der Waals surface area contributed by atoms with Crippen molar-refractivity contribution < 1.29 is 14.6 Å². The van der Waals surface area contributed by atoms with E-state index in [-0.39, 0.29) is 5.60 Å². The van der Waals surface area contributed by atoms with Crippen LogP contribution in [0.15, 0.2) is 0 Å². The molecule has 1 aliphatic heterocycles. The van der Waals surface area contributed by atoms with Gasteiger partial charge in [0, 0.05) is 6.61 Å². The quantitative estimate of drug-likeness (QED) is 0.851. The van der Waals surface area contributed by atoms with Crippen LogP contribution in [0.3, 0.4) is 0 Å². The molecule has 1 unspecified atom stereocenters. The van der Waals surface area contributed by atoms with Crippen LogP contribution in [-0.4, -0.2) is 36.1 Å². The maximum absolute atomic E-state index is 9.14. The first-order valence-electron chi connectivity index (χ1n) is 8.20. The summed E-state index contributed by atoms with van der Waals surface area (Å²) in [6.45, 7) is 1.14. The number of aliphatic hydroxyl groups is 1. The van der Waals surface area contributed by atoms with Crippen LogP contribution in [0, 0.1) is 5.92 Å². The molecule has 3 nitrogen and oxygen atoms in total. The molecule has 19 heavy (non-hydrogen) atoms. The zero-order valence-corrected chi connectivity index (χ0v) is 12.0. The lowest BCUT2D eigenvalue weighted by atomic mass is 9.88. The molecule has 0 aromatic rings. The first-order valence-corrected chi connectivity index (χ1v) is 8.20. The zero-order valence-electron chi connectivity index (χ0n) is 12.0. The first kappa shape index (κ1) is 13.8. The molecule has 3 fully saturated rings. The van der Waals surface area contributed by atoms with Gasteiger partial charge in [-0.25, -0.2) is 0 Å². The summed E-state index contributed by atoms with van der Waals surface area (Å²) in [5.41, 5.74) is 0.239. The molecule has 3 heteroatoms. The van der Waals surface area contributed by atoms with Gasteiger partial charge < -0.3 is 14.6 Å². The van der Waals surface area contributed by atoms with Crippen LogP contribution in [0.2, 0.25) is 0 Å². The fraction of sp³-hybridized carbons (Fsp3) is 1.00. The van der Waals surface area contributed by atoms with Crippen LogP contribution in [-0.2, 0) is 9.47 Å². The van der Waals surface area contributed by atoms with Crippen LogP contribution in [0.4, 0.5) is 0 Å². The first-order chi connectivity index (χ1) is 9.30. The molecular formula is C16H28O3. The molecule has 0 bridgehead atoms. The fourth-order valence-electron chi connectivity index (χ4n) is 4.12. The van der Waals surface area contributed by atoms with Gasteiger partial charge in [0.15, 0.2) is 0 Å². The highest BCUT2D eigenvalue weighted by molar-refractivity contribution is 4.92. The Morgan fingerprint density at radius 3 is 2.42 bits per heavy atom. The highest BCUT2D eigenvalue weighted by Crippen LogP contribution is 2.43. The number of hydrogen-bond acceptors (Lipinski definition) is 3. The fourth-order valence-corrected chi connectivity index (χ4v) is 4.12. The highest BCUT2D eigenvalue weighted by Gasteiger charge is 2.42. The Kier molecular flexibility index (Phi) is 4.45. The molecule has 3 aliphatic rings. The van der Waals surface area contributed by atoms with Crippen molar-refractivity contribution in [3.8, 4) is 0 Å². The molecule has 0 aromatic heterocycles. The molecule has 0 aromatic carbocycles. The SMILES string of the molecule is OCC1CCC(OCC2CCC3(CCCC3)O2)CC1. The van der Waals surface area contributed by atoms with E-state index in [1.807, 2.05) is 0 Å². The summed E-state index contributed by atoms with van der Waals surface area (Å²) >= 11 is 0. The third kappa shape index (κ3) is 3.32. The number of rotatable bonds is 4. The molecule has 3 rings (SSSR count). The summed E-state index contributed by atoms with van der Waals surface area (Å²) in [5, 5.41) is 9.14. The minimum absolute atomic E-state index is 0.239. The van der Waals surface area contributed by atoms with Crippen molar-refractivity contribution in [3.05, 3.63) is 0 Å². The van der Waals surface area contributed by atoms with E-state index in [1.165, 1.54) is 38.5 Å². The second kappa shape index (κ2) is 6.11. The molecule has 2 saturated carbocycles. The molecule has 110 valence electrons. The molecule has 2 aliphatic carbocycles. The van der Waals surface area contributed by atoms with Gasteiger partial charge in [0.25, 0.3) is 0 Å². The maximum atomic E-state index is 9.14. The van der Waals surface area contributed by atoms with Crippen LogP contribution in [0.5, 0.6) is 0 Å². The van der Waals surface area contributed by atoms with Gasteiger partial charge in [0.2, 0.25) is 0 Å². The van der Waals surface area contributed by atoms with E-state index >= 15 is 0 Å². The van der Waals surface area contributed by atoms with Crippen LogP contribution < -0.4 is 0 Å². The summed E-state index contributed by atoms with van der Waals surface area (Å²) in [6.07, 6.45) is 12.9. The van der Waals surface area contributed by atoms with E-state index in [4.69, 9.17) is 14.6 Å². The third-order valence-electron chi connectivity index (χ3n) is 5.42. The number of ether oxygens (including phenoxy) is 2. The molecule has 1 heterocycles. The predicted molar refractivity (Wildman–Crippen MR) is 74.1 cm³/mol. The summed E-state index contributed by atoms with van der Waals surface area (Å²) < 4.78 is 12.3. The molecule has 1 N–H and O–H groups in total. The van der Waals surface area contributed by atoms with Crippen molar-refractivity contribution in [2.45, 2.75) is 82.0 Å². The summed E-state index contributed by atoms with van der Waals surface area (Å²) in [5.74, 6) is 0.518. The van der Waals surface area contributed by atoms with Gasteiger partial charge in [0.05, 0.1) is 24.4 Å². The van der Waals surface area contributed by atoms with E-state index in [1.54, 1.807) is 0 Å². The van der Waals surface area contributed by atoms with E-state index in [2.05, 4.69) is 0 Å². The summed E-state index contributed by atoms with van der Waals surface area (Å²) in [4.78, 5) is 0. The lowest BCUT2D eigenvalue weighted by molar-refractivity contribution is -0.0889. The van der Waals surface area contributed by atoms with Gasteiger partial charge in [-0.05, 0) is 57.3 Å². The lowest BCUT2D eigenvalue weighted by Gasteiger charge is -2.29. The van der Waals surface area contributed by atoms with Crippen molar-refractivity contribution >= 4 is 0 Å². The van der Waals surface area contributed by atoms with Gasteiger partial charge >= 0.3 is 0 Å². The van der Waals surface area contributed by atoms with Gasteiger partial charge in [0.1, 0.15) is 0 Å². The van der Waals surface area contributed by atoms with E-state index in [0.29, 0.717) is 24.7 Å². The van der Waals surface area contributed by atoms with Crippen molar-refractivity contribution in [1.29, 1.82) is 0 Å². The van der Waals surface area contributed by atoms with Gasteiger partial charge in [-0.1, -0.05) is 12.8 Å². The average molecular weight is 268 g/mol. The molecule has 0 radical (unpaired) electrons. The van der Waals surface area contributed by atoms with Crippen LogP contribution in [0.25, 0.3) is 0 Å². The number of hydrogen-bond donors (Lipinski definition) is 1. The Morgan fingerprint density at radius 1 is 1.00 bits per heavy atom. The Bertz CT molecular complexity index is 278. The smallest absolute Gasteiger partial charge is 0.0817 e. The van der Waals surface area contributed by atoms with Crippen molar-refractivity contribution in [1.82, 2.24) is 0 Å². The minimum Gasteiger partial charge on any atom is -0.396 e. The average Bonchev–Trinajstić information content (AvgIpc) is 3.08. The Hall–Kier alpha value is -0.120. The Balaban J connectivity index is 1.37. The maximum Gasteiger partial charge on any atom is 0.0817 e. The molecule has 1 atom stereocenters. The Morgan fingerprint density at radius 2 is 1.74 bits per heavy atom. The minimum atomic E-state index is 0.239. The molecule has 0 amide bonds. The van der Waals surface area contributed by atoms with Crippen molar-refractivity contribution in [3.63, 3.8) is 0 Å². The van der Waals surface area contributed by atoms with Crippen LogP contribution >= 0.6 is 0 Å². The Labute approximate surface area is 116 Å². The standard InChI is InChI=1S/C16H28O3/c17-11-13-3-5-14(6-4-13)18-12-15-7-10-16(19-15)8-1-2-9-16/h13-15,17H,1-12H2. The largest absolute Gasteiger partial charge is 0.396 e. The van der Waals surface area contributed by atoms with Gasteiger partial charge in [-0.2, -0.15) is 0 Å². The van der Waals surface area contributed by atoms with Gasteiger partial charge in [-0.15, -0.1) is 0 Å². The summed E-state index contributed by atoms with van der Waals surface area (Å²) in [7, 11) is 0. The van der Waals surface area contributed by atoms with Crippen molar-refractivity contribution in [2.75, 3.05) is 13.2 Å². The molecule has 1 spiro atoms. The zero-order chi connectivity index (χ0) is 13.1. The highest BCUT2D eigenvalue weighted by atomic mass is 16.6. The topological polar surface area (TPSA) is 38.7 Å². The van der Waals surface area contributed by atoms with E-state index in [9.17, 15) is 0 Å². The normalized spacial score (nSPS) is 38.1. The second-order valence-electron chi connectivity index (χ2n) is 6.83.